The van der Waals surface area contributed by atoms with Gasteiger partial charge in [-0.1, -0.05) is 22.0 Å². The van der Waals surface area contributed by atoms with Gasteiger partial charge in [0.1, 0.15) is 5.52 Å². The van der Waals surface area contributed by atoms with Crippen molar-refractivity contribution in [3.63, 3.8) is 0 Å². The molecule has 3 nitrogen and oxygen atoms in total. The van der Waals surface area contributed by atoms with Crippen molar-refractivity contribution in [3.8, 4) is 0 Å². The van der Waals surface area contributed by atoms with Crippen molar-refractivity contribution in [2.24, 2.45) is 0 Å². The maximum atomic E-state index is 8.89. The number of aromatic nitrogens is 1. The first-order chi connectivity index (χ1) is 6.33. The van der Waals surface area contributed by atoms with Gasteiger partial charge in [0, 0.05) is 0 Å². The first kappa shape index (κ1) is 8.72. The molecule has 1 aromatic carbocycles. The molecule has 0 saturated heterocycles. The fourth-order valence-corrected chi connectivity index (χ4v) is 1.42. The van der Waals surface area contributed by atoms with Gasteiger partial charge < -0.3 is 9.52 Å². The van der Waals surface area contributed by atoms with Crippen molar-refractivity contribution in [1.82, 2.24) is 4.98 Å². The van der Waals surface area contributed by atoms with Gasteiger partial charge in [0.05, 0.1) is 11.9 Å². The zero-order valence-corrected chi connectivity index (χ0v) is 8.41. The topological polar surface area (TPSA) is 46.3 Å². The third-order valence-corrected chi connectivity index (χ3v) is 2.27. The number of alkyl halides is 1. The van der Waals surface area contributed by atoms with Crippen LogP contribution < -0.4 is 0 Å². The second-order valence-electron chi connectivity index (χ2n) is 2.70. The lowest BCUT2D eigenvalue weighted by atomic mass is 10.2. The molecular formula is C9H8BrNO2. The number of hydrogen-bond acceptors (Lipinski definition) is 3. The first-order valence-electron chi connectivity index (χ1n) is 3.88. The maximum absolute atomic E-state index is 8.89. The maximum Gasteiger partial charge on any atom is 0.206 e. The predicted molar refractivity (Wildman–Crippen MR) is 52.6 cm³/mol. The van der Waals surface area contributed by atoms with E-state index in [0.717, 1.165) is 16.7 Å². The summed E-state index contributed by atoms with van der Waals surface area (Å²) >= 11 is 3.27. The number of nitrogens with zero attached hydrogens (tertiary/aromatic N) is 1. The van der Waals surface area contributed by atoms with Crippen LogP contribution in [0.1, 0.15) is 11.5 Å². The smallest absolute Gasteiger partial charge is 0.206 e. The fourth-order valence-electron chi connectivity index (χ4n) is 1.18. The molecule has 1 N–H and O–H groups in total. The quantitative estimate of drug-likeness (QED) is 0.821. The molecule has 2 aromatic rings. The summed E-state index contributed by atoms with van der Waals surface area (Å²) in [5.41, 5.74) is 2.40. The highest BCUT2D eigenvalue weighted by Crippen LogP contribution is 2.18. The Morgan fingerprint density at radius 1 is 1.46 bits per heavy atom. The Labute approximate surface area is 83.5 Å². The number of rotatable bonds is 2. The molecule has 0 amide bonds. The van der Waals surface area contributed by atoms with Crippen LogP contribution in [0.2, 0.25) is 0 Å². The monoisotopic (exact) mass is 241 g/mol. The lowest BCUT2D eigenvalue weighted by Gasteiger charge is -1.92. The number of benzene rings is 1. The van der Waals surface area contributed by atoms with E-state index in [1.807, 2.05) is 18.2 Å². The normalized spacial score (nSPS) is 10.9. The Kier molecular flexibility index (Phi) is 2.33. The molecule has 4 heteroatoms. The number of hydrogen-bond donors (Lipinski definition) is 1. The highest BCUT2D eigenvalue weighted by molar-refractivity contribution is 9.08. The molecule has 1 heterocycles. The van der Waals surface area contributed by atoms with Gasteiger partial charge in [-0.15, -0.1) is 0 Å². The standard InChI is InChI=1S/C9H8BrNO2/c10-4-9-11-7-3-6(5-12)1-2-8(7)13-9/h1-3,12H,4-5H2. The van der Waals surface area contributed by atoms with Crippen molar-refractivity contribution in [2.75, 3.05) is 0 Å². The summed E-state index contributed by atoms with van der Waals surface area (Å²) < 4.78 is 5.38. The lowest BCUT2D eigenvalue weighted by molar-refractivity contribution is 0.282. The Morgan fingerprint density at radius 3 is 3.00 bits per heavy atom. The summed E-state index contributed by atoms with van der Waals surface area (Å²) in [4.78, 5) is 4.22. The highest BCUT2D eigenvalue weighted by atomic mass is 79.9. The van der Waals surface area contributed by atoms with Crippen LogP contribution in [0.5, 0.6) is 0 Å². The minimum Gasteiger partial charge on any atom is -0.440 e. The molecule has 0 fully saturated rings. The van der Waals surface area contributed by atoms with Crippen LogP contribution in [0.3, 0.4) is 0 Å². The predicted octanol–water partition coefficient (Wildman–Crippen LogP) is 2.21. The average Bonchev–Trinajstić information content (AvgIpc) is 2.58. The minimum atomic E-state index is 0.0342. The Bertz CT molecular complexity index is 422. The van der Waals surface area contributed by atoms with Gasteiger partial charge in [0.25, 0.3) is 0 Å². The molecular weight excluding hydrogens is 234 g/mol. The lowest BCUT2D eigenvalue weighted by Crippen LogP contribution is -1.81. The summed E-state index contributed by atoms with van der Waals surface area (Å²) in [5, 5.41) is 9.50. The van der Waals surface area contributed by atoms with E-state index < -0.39 is 0 Å². The summed E-state index contributed by atoms with van der Waals surface area (Å²) in [5.74, 6) is 0.657. The molecule has 1 aromatic heterocycles. The molecule has 2 rings (SSSR count). The van der Waals surface area contributed by atoms with Crippen LogP contribution in [0.15, 0.2) is 22.6 Å². The molecule has 0 unspecified atom stereocenters. The van der Waals surface area contributed by atoms with E-state index in [4.69, 9.17) is 9.52 Å². The van der Waals surface area contributed by atoms with Crippen molar-refractivity contribution in [2.45, 2.75) is 11.9 Å². The molecule has 0 radical (unpaired) electrons. The summed E-state index contributed by atoms with van der Waals surface area (Å²) in [6.07, 6.45) is 0. The minimum absolute atomic E-state index is 0.0342. The number of aliphatic hydroxyl groups excluding tert-OH is 1. The molecule has 0 bridgehead atoms. The zero-order valence-electron chi connectivity index (χ0n) is 6.83. The van der Waals surface area contributed by atoms with Gasteiger partial charge in [0.15, 0.2) is 5.58 Å². The van der Waals surface area contributed by atoms with Crippen molar-refractivity contribution >= 4 is 27.0 Å². The molecule has 13 heavy (non-hydrogen) atoms. The molecule has 0 aliphatic heterocycles. The highest BCUT2D eigenvalue weighted by Gasteiger charge is 2.04. The summed E-state index contributed by atoms with van der Waals surface area (Å²) in [6, 6.07) is 5.47. The van der Waals surface area contributed by atoms with Crippen LogP contribution >= 0.6 is 15.9 Å². The van der Waals surface area contributed by atoms with E-state index in [1.165, 1.54) is 0 Å². The molecule has 0 spiro atoms. The van der Waals surface area contributed by atoms with Crippen molar-refractivity contribution < 1.29 is 9.52 Å². The van der Waals surface area contributed by atoms with Gasteiger partial charge >= 0.3 is 0 Å². The zero-order chi connectivity index (χ0) is 9.26. The third-order valence-electron chi connectivity index (χ3n) is 1.79. The first-order valence-corrected chi connectivity index (χ1v) is 5.01. The van der Waals surface area contributed by atoms with E-state index >= 15 is 0 Å². The van der Waals surface area contributed by atoms with Crippen molar-refractivity contribution in [1.29, 1.82) is 0 Å². The molecule has 0 atom stereocenters. The fraction of sp³-hybridized carbons (Fsp3) is 0.222. The second kappa shape index (κ2) is 3.47. The number of aliphatic hydroxyl groups is 1. The van der Waals surface area contributed by atoms with Crippen molar-refractivity contribution in [3.05, 3.63) is 29.7 Å². The van der Waals surface area contributed by atoms with Crippen LogP contribution in [-0.4, -0.2) is 10.1 Å². The van der Waals surface area contributed by atoms with Crippen LogP contribution in [-0.2, 0) is 11.9 Å². The number of halogens is 1. The summed E-state index contributed by atoms with van der Waals surface area (Å²) in [7, 11) is 0. The Balaban J connectivity index is 2.57. The van der Waals surface area contributed by atoms with Gasteiger partial charge in [-0.25, -0.2) is 4.98 Å². The largest absolute Gasteiger partial charge is 0.440 e. The average molecular weight is 242 g/mol. The third kappa shape index (κ3) is 1.59. The number of fused-ring (bicyclic) bond motifs is 1. The van der Waals surface area contributed by atoms with Gasteiger partial charge in [0.2, 0.25) is 5.89 Å². The van der Waals surface area contributed by atoms with E-state index in [9.17, 15) is 0 Å². The van der Waals surface area contributed by atoms with Gasteiger partial charge in [-0.3, -0.25) is 0 Å². The molecule has 0 saturated carbocycles. The Hall–Kier alpha value is -0.870. The van der Waals surface area contributed by atoms with E-state index in [-0.39, 0.29) is 6.61 Å². The molecule has 0 aliphatic rings. The Morgan fingerprint density at radius 2 is 2.31 bits per heavy atom. The molecule has 68 valence electrons. The van der Waals surface area contributed by atoms with Crippen LogP contribution in [0, 0.1) is 0 Å². The van der Waals surface area contributed by atoms with E-state index in [2.05, 4.69) is 20.9 Å². The SMILES string of the molecule is OCc1ccc2oc(CBr)nc2c1. The van der Waals surface area contributed by atoms with E-state index in [0.29, 0.717) is 11.2 Å². The second-order valence-corrected chi connectivity index (χ2v) is 3.26. The van der Waals surface area contributed by atoms with Gasteiger partial charge in [-0.05, 0) is 17.7 Å². The van der Waals surface area contributed by atoms with E-state index in [1.54, 1.807) is 0 Å². The number of oxazole rings is 1. The van der Waals surface area contributed by atoms with Gasteiger partial charge in [-0.2, -0.15) is 0 Å². The summed E-state index contributed by atoms with van der Waals surface area (Å²) in [6.45, 7) is 0.0342. The molecule has 0 aliphatic carbocycles. The van der Waals surface area contributed by atoms with Crippen LogP contribution in [0.4, 0.5) is 0 Å². The van der Waals surface area contributed by atoms with Crippen LogP contribution in [0.25, 0.3) is 11.1 Å².